The van der Waals surface area contributed by atoms with Gasteiger partial charge in [-0.2, -0.15) is 0 Å². The van der Waals surface area contributed by atoms with Crippen LogP contribution in [-0.2, 0) is 9.53 Å². The van der Waals surface area contributed by atoms with Crippen molar-refractivity contribution in [1.82, 2.24) is 10.2 Å². The van der Waals surface area contributed by atoms with E-state index in [1.54, 1.807) is 11.8 Å². The van der Waals surface area contributed by atoms with Gasteiger partial charge in [0.05, 0.1) is 44.9 Å². The van der Waals surface area contributed by atoms with Crippen molar-refractivity contribution in [3.05, 3.63) is 46.7 Å². The van der Waals surface area contributed by atoms with Crippen LogP contribution in [0.25, 0.3) is 0 Å². The minimum atomic E-state index is -1.04. The summed E-state index contributed by atoms with van der Waals surface area (Å²) in [7, 11) is 5.34. The van der Waals surface area contributed by atoms with Gasteiger partial charge in [0.25, 0.3) is 0 Å². The number of ether oxygens (including phenoxy) is 1. The maximum Gasteiger partial charge on any atom is 0.337 e. The summed E-state index contributed by atoms with van der Waals surface area (Å²) in [5, 5.41) is 3.24. The third kappa shape index (κ3) is 4.19. The number of methoxy groups -OCH3 is 1. The highest BCUT2D eigenvalue weighted by molar-refractivity contribution is 7.80. The summed E-state index contributed by atoms with van der Waals surface area (Å²) in [6, 6.07) is 2.55. The Labute approximate surface area is 157 Å². The molecule has 0 unspecified atom stereocenters. The van der Waals surface area contributed by atoms with Crippen LogP contribution in [0.1, 0.15) is 24.9 Å². The van der Waals surface area contributed by atoms with Gasteiger partial charge in [0.1, 0.15) is 11.6 Å². The second kappa shape index (κ2) is 8.55. The van der Waals surface area contributed by atoms with Crippen LogP contribution in [0, 0.1) is 11.6 Å². The van der Waals surface area contributed by atoms with Crippen LogP contribution >= 0.6 is 12.2 Å². The number of hydrogen-bond donors (Lipinski definition) is 2. The number of nitrogens with one attached hydrogen (secondary N) is 2. The first-order valence-corrected chi connectivity index (χ1v) is 8.78. The Kier molecular flexibility index (Phi) is 6.66. The fourth-order valence-corrected chi connectivity index (χ4v) is 3.36. The zero-order chi connectivity index (χ0) is 19.4. The predicted molar refractivity (Wildman–Crippen MR) is 98.5 cm³/mol. The highest BCUT2D eigenvalue weighted by atomic mass is 32.1. The average Bonchev–Trinajstić information content (AvgIpc) is 2.56. The number of thiocarbonyl (C=S) groups is 1. The van der Waals surface area contributed by atoms with Gasteiger partial charge in [-0.25, -0.2) is 13.6 Å². The lowest BCUT2D eigenvalue weighted by Crippen LogP contribution is -3.05. The second-order valence-electron chi connectivity index (χ2n) is 6.47. The number of benzene rings is 1. The van der Waals surface area contributed by atoms with Gasteiger partial charge in [0, 0.05) is 18.7 Å². The molecule has 0 saturated carbocycles. The van der Waals surface area contributed by atoms with Gasteiger partial charge in [0.2, 0.25) is 0 Å². The molecule has 8 heteroatoms. The van der Waals surface area contributed by atoms with Crippen molar-refractivity contribution in [2.75, 3.05) is 34.3 Å². The first kappa shape index (κ1) is 20.3. The van der Waals surface area contributed by atoms with Crippen LogP contribution in [0.3, 0.4) is 0 Å². The lowest BCUT2D eigenvalue weighted by Gasteiger charge is -2.37. The number of quaternary nitrogens is 1. The van der Waals surface area contributed by atoms with Crippen molar-refractivity contribution in [1.29, 1.82) is 0 Å². The standard InChI is InChI=1S/C18H23F2N3O2S/c1-11-14(17(24)25-4)16(15-12(19)7-5-8-13(15)20)21-18(26)23(11)10-6-9-22(2)3/h5,7-8,16H,6,9-10H2,1-4H3,(H,21,26)/p+1/t16-/m0/s1. The monoisotopic (exact) mass is 384 g/mol. The van der Waals surface area contributed by atoms with Gasteiger partial charge in [0.15, 0.2) is 5.11 Å². The van der Waals surface area contributed by atoms with Crippen LogP contribution in [0.15, 0.2) is 29.5 Å². The first-order valence-electron chi connectivity index (χ1n) is 8.38. The third-order valence-corrected chi connectivity index (χ3v) is 4.69. The summed E-state index contributed by atoms with van der Waals surface area (Å²) in [6.07, 6.45) is 0.842. The van der Waals surface area contributed by atoms with Crippen LogP contribution in [0.5, 0.6) is 0 Å². The summed E-state index contributed by atoms with van der Waals surface area (Å²) in [5.41, 5.74) is 0.455. The molecule has 0 radical (unpaired) electrons. The van der Waals surface area contributed by atoms with E-state index in [4.69, 9.17) is 17.0 Å². The zero-order valence-corrected chi connectivity index (χ0v) is 16.2. The Morgan fingerprint density at radius 2 is 1.96 bits per heavy atom. The van der Waals surface area contributed by atoms with E-state index in [1.165, 1.54) is 18.1 Å². The molecule has 142 valence electrons. The van der Waals surface area contributed by atoms with Gasteiger partial charge in [-0.05, 0) is 31.3 Å². The number of hydrogen-bond acceptors (Lipinski definition) is 3. The molecule has 0 aromatic heterocycles. The van der Waals surface area contributed by atoms with E-state index in [9.17, 15) is 13.6 Å². The minimum Gasteiger partial charge on any atom is -0.466 e. The molecule has 1 atom stereocenters. The van der Waals surface area contributed by atoms with Crippen LogP contribution < -0.4 is 10.2 Å². The van der Waals surface area contributed by atoms with Crippen LogP contribution in [0.2, 0.25) is 0 Å². The summed E-state index contributed by atoms with van der Waals surface area (Å²) in [5.74, 6) is -2.14. The number of carbonyl (C=O) groups excluding carboxylic acids is 1. The molecule has 0 bridgehead atoms. The minimum absolute atomic E-state index is 0.155. The second-order valence-corrected chi connectivity index (χ2v) is 6.86. The smallest absolute Gasteiger partial charge is 0.337 e. The molecule has 2 rings (SSSR count). The Balaban J connectivity index is 2.46. The molecule has 1 aliphatic heterocycles. The van der Waals surface area contributed by atoms with E-state index in [0.717, 1.165) is 25.1 Å². The number of halogens is 2. The molecule has 0 amide bonds. The lowest BCUT2D eigenvalue weighted by atomic mass is 9.94. The van der Waals surface area contributed by atoms with Crippen molar-refractivity contribution in [2.45, 2.75) is 19.4 Å². The number of rotatable bonds is 6. The molecule has 0 saturated heterocycles. The average molecular weight is 384 g/mol. The van der Waals surface area contributed by atoms with Gasteiger partial charge in [-0.15, -0.1) is 0 Å². The fraction of sp³-hybridized carbons (Fsp3) is 0.444. The van der Waals surface area contributed by atoms with Crippen molar-refractivity contribution in [3.8, 4) is 0 Å². The van der Waals surface area contributed by atoms with E-state index in [0.29, 0.717) is 17.4 Å². The molecule has 1 aromatic carbocycles. The molecular formula is C18H24F2N3O2S+. The van der Waals surface area contributed by atoms with E-state index < -0.39 is 23.6 Å². The Bertz CT molecular complexity index is 717. The highest BCUT2D eigenvalue weighted by Crippen LogP contribution is 2.34. The summed E-state index contributed by atoms with van der Waals surface area (Å²) >= 11 is 5.40. The molecular weight excluding hydrogens is 360 g/mol. The molecule has 1 aliphatic rings. The molecule has 5 nitrogen and oxygen atoms in total. The summed E-state index contributed by atoms with van der Waals surface area (Å²) in [4.78, 5) is 15.4. The summed E-state index contributed by atoms with van der Waals surface area (Å²) < 4.78 is 33.5. The van der Waals surface area contributed by atoms with Crippen LogP contribution in [0.4, 0.5) is 8.78 Å². The highest BCUT2D eigenvalue weighted by Gasteiger charge is 2.37. The topological polar surface area (TPSA) is 46.0 Å². The first-order chi connectivity index (χ1) is 12.3. The van der Waals surface area contributed by atoms with E-state index >= 15 is 0 Å². The maximum atomic E-state index is 14.3. The van der Waals surface area contributed by atoms with Crippen molar-refractivity contribution >= 4 is 23.3 Å². The fourth-order valence-electron chi connectivity index (χ4n) is 3.02. The quantitative estimate of drug-likeness (QED) is 0.570. The van der Waals surface area contributed by atoms with Gasteiger partial charge in [-0.1, -0.05) is 6.07 Å². The van der Waals surface area contributed by atoms with Gasteiger partial charge >= 0.3 is 5.97 Å². The largest absolute Gasteiger partial charge is 0.466 e. The number of nitrogens with zero attached hydrogens (tertiary/aromatic N) is 1. The van der Waals surface area contributed by atoms with Gasteiger partial charge in [-0.3, -0.25) is 0 Å². The lowest BCUT2D eigenvalue weighted by molar-refractivity contribution is -0.858. The SMILES string of the molecule is COC(=O)C1=C(C)N(CCC[NH+](C)C)C(=S)N[C@@H]1c1c(F)cccc1F. The zero-order valence-electron chi connectivity index (χ0n) is 15.4. The third-order valence-electron chi connectivity index (χ3n) is 4.35. The number of carbonyl (C=O) groups is 1. The maximum absolute atomic E-state index is 14.3. The van der Waals surface area contributed by atoms with E-state index in [-0.39, 0.29) is 11.1 Å². The van der Waals surface area contributed by atoms with Gasteiger partial charge < -0.3 is 19.9 Å². The predicted octanol–water partition coefficient (Wildman–Crippen LogP) is 1.18. The molecule has 0 spiro atoms. The van der Waals surface area contributed by atoms with E-state index in [1.807, 2.05) is 14.1 Å². The van der Waals surface area contributed by atoms with E-state index in [2.05, 4.69) is 5.32 Å². The van der Waals surface area contributed by atoms with Crippen molar-refractivity contribution < 1.29 is 23.2 Å². The van der Waals surface area contributed by atoms with Crippen LogP contribution in [-0.4, -0.2) is 50.3 Å². The molecule has 2 N–H and O–H groups in total. The molecule has 1 aromatic rings. The van der Waals surface area contributed by atoms with Crippen molar-refractivity contribution in [2.24, 2.45) is 0 Å². The van der Waals surface area contributed by atoms with Crippen molar-refractivity contribution in [3.63, 3.8) is 0 Å². The molecule has 1 heterocycles. The molecule has 0 aliphatic carbocycles. The summed E-state index contributed by atoms with van der Waals surface area (Å²) in [6.45, 7) is 3.23. The Morgan fingerprint density at radius 1 is 1.35 bits per heavy atom. The number of esters is 1. The molecule has 26 heavy (non-hydrogen) atoms. The Morgan fingerprint density at radius 3 is 2.50 bits per heavy atom. The molecule has 0 fully saturated rings. The Hall–Kier alpha value is -2.06. The number of allylic oxidation sites excluding steroid dienone is 1. The normalized spacial score (nSPS) is 17.6.